The van der Waals surface area contributed by atoms with Crippen LogP contribution in [-0.2, 0) is 28.6 Å². The molecule has 0 saturated carbocycles. The molecule has 0 spiro atoms. The van der Waals surface area contributed by atoms with Crippen LogP contribution < -0.4 is 21.3 Å². The second-order valence-corrected chi connectivity index (χ2v) is 6.27. The first-order valence-corrected chi connectivity index (χ1v) is 9.57. The molecular weight excluding hydrogens is 430 g/mol. The van der Waals surface area contributed by atoms with E-state index in [2.05, 4.69) is 46.0 Å². The van der Waals surface area contributed by atoms with E-state index >= 15 is 0 Å². The average molecular weight is 456 g/mol. The Bertz CT molecular complexity index is 754. The molecule has 4 N–H and O–H groups in total. The van der Waals surface area contributed by atoms with Gasteiger partial charge in [0.05, 0.1) is 13.1 Å². The normalized spacial score (nSPS) is 18.5. The van der Waals surface area contributed by atoms with Crippen molar-refractivity contribution in [1.29, 1.82) is 0 Å². The topological polar surface area (TPSA) is 139 Å². The van der Waals surface area contributed by atoms with E-state index in [4.69, 9.17) is 25.8 Å². The summed E-state index contributed by atoms with van der Waals surface area (Å²) >= 11 is 6.53. The molecule has 0 aromatic carbocycles. The van der Waals surface area contributed by atoms with E-state index in [1.165, 1.54) is 0 Å². The molecule has 12 heteroatoms. The Morgan fingerprint density at radius 2 is 1.52 bits per heavy atom. The Balaban J connectivity index is 2.70. The first kappa shape index (κ1) is 25.7. The number of rotatable bonds is 14. The molecule has 11 nitrogen and oxygen atoms in total. The lowest BCUT2D eigenvalue weighted by Crippen LogP contribution is -2.67. The van der Waals surface area contributed by atoms with E-state index in [0.717, 1.165) is 18.2 Å². The van der Waals surface area contributed by atoms with Crippen LogP contribution in [0.15, 0.2) is 54.9 Å². The van der Waals surface area contributed by atoms with E-state index in [1.807, 2.05) is 0 Å². The lowest BCUT2D eigenvalue weighted by molar-refractivity contribution is -0.138. The van der Waals surface area contributed by atoms with Crippen molar-refractivity contribution in [3.05, 3.63) is 49.9 Å². The highest BCUT2D eigenvalue weighted by atomic mass is 35.5. The maximum absolute atomic E-state index is 11.1. The largest absolute Gasteiger partial charge is 0.461 e. The monoisotopic (exact) mass is 455 g/mol. The highest BCUT2D eigenvalue weighted by molar-refractivity contribution is 6.25. The molecule has 1 aliphatic heterocycles. The van der Waals surface area contributed by atoms with Gasteiger partial charge < -0.3 is 30.2 Å². The number of ether oxygens (including phenoxy) is 3. The van der Waals surface area contributed by atoms with Crippen LogP contribution in [0.3, 0.4) is 0 Å². The van der Waals surface area contributed by atoms with E-state index in [1.54, 1.807) is 6.08 Å². The molecule has 1 atom stereocenters. The maximum Gasteiger partial charge on any atom is 0.330 e. The number of esters is 3. The molecular formula is C19H26ClN5O6. The molecule has 1 heterocycles. The molecule has 1 rings (SSSR count). The van der Waals surface area contributed by atoms with Crippen LogP contribution >= 0.6 is 11.6 Å². The molecule has 0 fully saturated rings. The number of carbonyl (C=O) groups excluding carboxylic acids is 3. The predicted octanol–water partition coefficient (Wildman–Crippen LogP) is -0.364. The van der Waals surface area contributed by atoms with Crippen molar-refractivity contribution in [2.75, 3.05) is 39.5 Å². The maximum atomic E-state index is 11.1. The van der Waals surface area contributed by atoms with Gasteiger partial charge in [0, 0.05) is 30.8 Å². The highest BCUT2D eigenvalue weighted by Crippen LogP contribution is 2.10. The minimum atomic E-state index is -1.37. The molecule has 1 aliphatic rings. The third-order valence-corrected chi connectivity index (χ3v) is 3.71. The van der Waals surface area contributed by atoms with Crippen LogP contribution in [0.4, 0.5) is 0 Å². The molecule has 0 radical (unpaired) electrons. The summed E-state index contributed by atoms with van der Waals surface area (Å²) in [6, 6.07) is 0. The van der Waals surface area contributed by atoms with Gasteiger partial charge in [-0.15, -0.1) is 0 Å². The third kappa shape index (κ3) is 10.9. The number of nitrogens with zero attached hydrogens (tertiary/aromatic N) is 1. The zero-order chi connectivity index (χ0) is 23.1. The van der Waals surface area contributed by atoms with Gasteiger partial charge in [-0.2, -0.15) is 0 Å². The van der Waals surface area contributed by atoms with E-state index < -0.39 is 23.2 Å². The van der Waals surface area contributed by atoms with E-state index in [0.29, 0.717) is 11.7 Å². The minimum absolute atomic E-state index is 0.0522. The summed E-state index contributed by atoms with van der Waals surface area (Å²) in [6.45, 7) is 10.8. The molecule has 0 aromatic rings. The fourth-order valence-corrected chi connectivity index (χ4v) is 2.37. The fraction of sp³-hybridized carbons (Fsp3) is 0.368. The van der Waals surface area contributed by atoms with Crippen molar-refractivity contribution in [3.63, 3.8) is 0 Å². The SMILES string of the molecule is C=CC(=O)OCCN=C1C=C(NCCOC(=O)C=C)NC(Cl)(NCCOC(=O)C=C)N1. The first-order valence-electron chi connectivity index (χ1n) is 9.19. The first-order chi connectivity index (χ1) is 14.8. The molecule has 0 aliphatic carbocycles. The summed E-state index contributed by atoms with van der Waals surface area (Å²) in [5.74, 6) is -0.784. The number of hydrogen-bond donors (Lipinski definition) is 4. The van der Waals surface area contributed by atoms with Gasteiger partial charge in [0.15, 0.2) is 0 Å². The second-order valence-electron chi connectivity index (χ2n) is 5.70. The van der Waals surface area contributed by atoms with E-state index in [9.17, 15) is 14.4 Å². The zero-order valence-corrected chi connectivity index (χ0v) is 17.7. The van der Waals surface area contributed by atoms with Crippen molar-refractivity contribution in [2.24, 2.45) is 4.99 Å². The number of amidine groups is 1. The van der Waals surface area contributed by atoms with Gasteiger partial charge in [-0.05, 0) is 0 Å². The van der Waals surface area contributed by atoms with Gasteiger partial charge in [-0.25, -0.2) is 14.4 Å². The molecule has 0 saturated heterocycles. The van der Waals surface area contributed by atoms with E-state index in [-0.39, 0.29) is 39.5 Å². The van der Waals surface area contributed by atoms with Gasteiger partial charge in [0.1, 0.15) is 31.5 Å². The smallest absolute Gasteiger partial charge is 0.330 e. The Morgan fingerprint density at radius 3 is 2.10 bits per heavy atom. The van der Waals surface area contributed by atoms with Crippen LogP contribution in [0.2, 0.25) is 0 Å². The van der Waals surface area contributed by atoms with Crippen LogP contribution in [0.1, 0.15) is 0 Å². The summed E-state index contributed by atoms with van der Waals surface area (Å²) in [5, 5.41) is 10.5. The summed E-state index contributed by atoms with van der Waals surface area (Å²) in [5.41, 5.74) is 0. The van der Waals surface area contributed by atoms with Crippen molar-refractivity contribution in [2.45, 2.75) is 5.25 Å². The van der Waals surface area contributed by atoms with Crippen molar-refractivity contribution in [3.8, 4) is 0 Å². The number of carbonyl (C=O) groups is 3. The number of aliphatic imine (C=N–C) groups is 1. The quantitative estimate of drug-likeness (QED) is 0.0685. The lowest BCUT2D eigenvalue weighted by atomic mass is 10.4. The highest BCUT2D eigenvalue weighted by Gasteiger charge is 2.31. The van der Waals surface area contributed by atoms with Crippen LogP contribution in [0.25, 0.3) is 0 Å². The molecule has 0 bridgehead atoms. The molecule has 31 heavy (non-hydrogen) atoms. The van der Waals surface area contributed by atoms with Crippen LogP contribution in [-0.4, -0.2) is 68.4 Å². The average Bonchev–Trinajstić information content (AvgIpc) is 2.76. The Kier molecular flexibility index (Phi) is 11.5. The summed E-state index contributed by atoms with van der Waals surface area (Å²) in [7, 11) is 0. The van der Waals surface area contributed by atoms with Gasteiger partial charge in [0.25, 0.3) is 0 Å². The Labute approximate surface area is 185 Å². The van der Waals surface area contributed by atoms with Crippen molar-refractivity contribution < 1.29 is 28.6 Å². The van der Waals surface area contributed by atoms with Gasteiger partial charge in [0.2, 0.25) is 5.25 Å². The number of nitrogens with one attached hydrogen (secondary N) is 4. The summed E-state index contributed by atoms with van der Waals surface area (Å²) in [6.07, 6.45) is 4.81. The Morgan fingerprint density at radius 1 is 0.968 bits per heavy atom. The fourth-order valence-electron chi connectivity index (χ4n) is 2.07. The standard InChI is InChI=1S/C19H26ClN5O6/c1-4-16(26)29-10-7-21-14-13-15(22-8-11-30-17(27)5-2)25-19(20,24-14)23-9-12-31-18(28)6-3/h4-6,13,21,23-24H,1-3,7-12H2,(H,22,25). The number of halogens is 1. The minimum Gasteiger partial charge on any atom is -0.461 e. The zero-order valence-electron chi connectivity index (χ0n) is 16.9. The van der Waals surface area contributed by atoms with Gasteiger partial charge in [-0.1, -0.05) is 31.3 Å². The van der Waals surface area contributed by atoms with Crippen LogP contribution in [0, 0.1) is 0 Å². The molecule has 170 valence electrons. The summed E-state index contributed by atoms with van der Waals surface area (Å²) < 4.78 is 14.7. The van der Waals surface area contributed by atoms with Gasteiger partial charge >= 0.3 is 17.9 Å². The Hall–Kier alpha value is -3.31. The van der Waals surface area contributed by atoms with Crippen molar-refractivity contribution >= 4 is 35.3 Å². The second kappa shape index (κ2) is 13.8. The number of hydrogen-bond acceptors (Lipinski definition) is 10. The molecule has 0 amide bonds. The molecule has 0 aromatic heterocycles. The third-order valence-electron chi connectivity index (χ3n) is 3.38. The predicted molar refractivity (Wildman–Crippen MR) is 115 cm³/mol. The van der Waals surface area contributed by atoms with Gasteiger partial charge in [-0.3, -0.25) is 10.3 Å². The molecule has 1 unspecified atom stereocenters. The lowest BCUT2D eigenvalue weighted by Gasteiger charge is -2.36. The van der Waals surface area contributed by atoms with Crippen molar-refractivity contribution in [1.82, 2.24) is 21.3 Å². The number of alkyl halides is 1. The summed E-state index contributed by atoms with van der Waals surface area (Å²) in [4.78, 5) is 37.6. The van der Waals surface area contributed by atoms with Crippen LogP contribution in [0.5, 0.6) is 0 Å².